The van der Waals surface area contributed by atoms with Crippen molar-refractivity contribution in [2.24, 2.45) is 0 Å². The van der Waals surface area contributed by atoms with Crippen molar-refractivity contribution in [3.8, 4) is 0 Å². The van der Waals surface area contributed by atoms with Crippen LogP contribution in [-0.4, -0.2) is 5.78 Å². The number of Topliss-reactive ketones (excluding diaryl/α,β-unsaturated/α-hetero) is 1. The number of hydrogen-bond acceptors (Lipinski definition) is 1. The highest BCUT2D eigenvalue weighted by Gasteiger charge is 2.20. The number of allylic oxidation sites excluding steroid dienone is 1. The van der Waals surface area contributed by atoms with Gasteiger partial charge in [0.25, 0.3) is 0 Å². The zero-order chi connectivity index (χ0) is 13.2. The van der Waals surface area contributed by atoms with Crippen molar-refractivity contribution in [2.45, 2.75) is 12.8 Å². The molecule has 0 radical (unpaired) electrons. The highest BCUT2D eigenvalue weighted by atomic mass is 79.9. The van der Waals surface area contributed by atoms with Gasteiger partial charge in [0.05, 0.1) is 0 Å². The van der Waals surface area contributed by atoms with E-state index in [0.29, 0.717) is 0 Å². The van der Waals surface area contributed by atoms with Crippen LogP contribution in [0.4, 0.5) is 0 Å². The number of fused-ring (bicyclic) bond motifs is 1. The van der Waals surface area contributed by atoms with E-state index in [-0.39, 0.29) is 5.78 Å². The lowest BCUT2D eigenvalue weighted by Crippen LogP contribution is -2.13. The van der Waals surface area contributed by atoms with Gasteiger partial charge in [-0.05, 0) is 42.2 Å². The third kappa shape index (κ3) is 2.54. The van der Waals surface area contributed by atoms with E-state index in [4.69, 9.17) is 0 Å². The fraction of sp³-hybridized carbons (Fsp3) is 0.118. The molecule has 1 aliphatic rings. The first-order chi connectivity index (χ1) is 9.24. The van der Waals surface area contributed by atoms with Gasteiger partial charge < -0.3 is 0 Å². The van der Waals surface area contributed by atoms with Crippen LogP contribution in [0.1, 0.15) is 27.9 Å². The predicted molar refractivity (Wildman–Crippen MR) is 81.2 cm³/mol. The van der Waals surface area contributed by atoms with Crippen molar-refractivity contribution < 1.29 is 4.79 Å². The molecule has 0 bridgehead atoms. The molecule has 19 heavy (non-hydrogen) atoms. The van der Waals surface area contributed by atoms with Crippen molar-refractivity contribution in [1.29, 1.82) is 0 Å². The molecule has 1 aliphatic carbocycles. The average Bonchev–Trinajstić information content (AvgIpc) is 2.42. The highest BCUT2D eigenvalue weighted by Crippen LogP contribution is 2.26. The van der Waals surface area contributed by atoms with Crippen LogP contribution in [0.25, 0.3) is 6.08 Å². The molecule has 0 aliphatic heterocycles. The maximum absolute atomic E-state index is 12.4. The van der Waals surface area contributed by atoms with E-state index < -0.39 is 0 Å². The van der Waals surface area contributed by atoms with Crippen LogP contribution in [-0.2, 0) is 6.42 Å². The zero-order valence-electron chi connectivity index (χ0n) is 10.4. The Labute approximate surface area is 121 Å². The number of carbonyl (C=O) groups is 1. The molecule has 0 unspecified atom stereocenters. The summed E-state index contributed by atoms with van der Waals surface area (Å²) in [4.78, 5) is 12.4. The highest BCUT2D eigenvalue weighted by molar-refractivity contribution is 9.10. The van der Waals surface area contributed by atoms with Crippen LogP contribution in [0.2, 0.25) is 0 Å². The SMILES string of the molecule is O=C1/C(=C\c2cccc(Br)c2)CCc2ccccc21. The van der Waals surface area contributed by atoms with Crippen LogP contribution in [0.15, 0.2) is 58.6 Å². The molecule has 0 amide bonds. The maximum Gasteiger partial charge on any atom is 0.189 e. The molecule has 2 heteroatoms. The number of halogens is 1. The summed E-state index contributed by atoms with van der Waals surface area (Å²) < 4.78 is 1.03. The number of aryl methyl sites for hydroxylation is 1. The lowest BCUT2D eigenvalue weighted by atomic mass is 9.86. The number of ketones is 1. The molecule has 3 rings (SSSR count). The topological polar surface area (TPSA) is 17.1 Å². The van der Waals surface area contributed by atoms with E-state index >= 15 is 0 Å². The quantitative estimate of drug-likeness (QED) is 0.700. The average molecular weight is 313 g/mol. The molecule has 2 aromatic carbocycles. The molecule has 94 valence electrons. The second-order valence-electron chi connectivity index (χ2n) is 4.71. The van der Waals surface area contributed by atoms with Crippen molar-refractivity contribution in [3.63, 3.8) is 0 Å². The Morgan fingerprint density at radius 2 is 1.84 bits per heavy atom. The van der Waals surface area contributed by atoms with Gasteiger partial charge in [0.2, 0.25) is 0 Å². The molecule has 0 saturated carbocycles. The van der Waals surface area contributed by atoms with Crippen molar-refractivity contribution in [2.75, 3.05) is 0 Å². The van der Waals surface area contributed by atoms with Crippen molar-refractivity contribution in [3.05, 3.63) is 75.3 Å². The Balaban J connectivity index is 1.98. The summed E-state index contributed by atoms with van der Waals surface area (Å²) in [6.45, 7) is 0. The molecule has 2 aromatic rings. The minimum Gasteiger partial charge on any atom is -0.289 e. The van der Waals surface area contributed by atoms with E-state index in [1.54, 1.807) is 0 Å². The Morgan fingerprint density at radius 3 is 2.68 bits per heavy atom. The van der Waals surface area contributed by atoms with Crippen LogP contribution in [0.5, 0.6) is 0 Å². The summed E-state index contributed by atoms with van der Waals surface area (Å²) in [6, 6.07) is 15.9. The summed E-state index contributed by atoms with van der Waals surface area (Å²) in [5.74, 6) is 0.168. The van der Waals surface area contributed by atoms with Gasteiger partial charge in [-0.1, -0.05) is 52.3 Å². The van der Waals surface area contributed by atoms with Crippen molar-refractivity contribution in [1.82, 2.24) is 0 Å². The first-order valence-corrected chi connectivity index (χ1v) is 7.12. The summed E-state index contributed by atoms with van der Waals surface area (Å²) in [5.41, 5.74) is 3.99. The summed E-state index contributed by atoms with van der Waals surface area (Å²) >= 11 is 3.45. The van der Waals surface area contributed by atoms with E-state index in [1.165, 1.54) is 5.56 Å². The minimum absolute atomic E-state index is 0.168. The molecule has 1 nitrogen and oxygen atoms in total. The lowest BCUT2D eigenvalue weighted by Gasteiger charge is -2.17. The largest absolute Gasteiger partial charge is 0.289 e. The number of hydrogen-bond donors (Lipinski definition) is 0. The van der Waals surface area contributed by atoms with Crippen molar-refractivity contribution >= 4 is 27.8 Å². The van der Waals surface area contributed by atoms with Crippen LogP contribution < -0.4 is 0 Å². The molecule has 0 saturated heterocycles. The number of carbonyl (C=O) groups excluding carboxylic acids is 1. The fourth-order valence-corrected chi connectivity index (χ4v) is 2.87. The second-order valence-corrected chi connectivity index (χ2v) is 5.63. The normalized spacial score (nSPS) is 16.5. The molecular formula is C17H13BrO. The predicted octanol–water partition coefficient (Wildman–Crippen LogP) is 4.66. The van der Waals surface area contributed by atoms with Crippen LogP contribution in [0, 0.1) is 0 Å². The Hall–Kier alpha value is -1.67. The summed E-state index contributed by atoms with van der Waals surface area (Å²) in [6.07, 6.45) is 3.77. The van der Waals surface area contributed by atoms with Gasteiger partial charge in [-0.25, -0.2) is 0 Å². The molecule has 0 N–H and O–H groups in total. The second kappa shape index (κ2) is 5.14. The molecule has 0 atom stereocenters. The molecule has 0 heterocycles. The number of benzene rings is 2. The standard InChI is InChI=1S/C17H13BrO/c18-15-6-3-4-12(11-15)10-14-9-8-13-5-1-2-7-16(13)17(14)19/h1-7,10-11H,8-9H2/b14-10-. The third-order valence-corrected chi connectivity index (χ3v) is 3.90. The summed E-state index contributed by atoms with van der Waals surface area (Å²) in [5, 5.41) is 0. The third-order valence-electron chi connectivity index (χ3n) is 3.41. The van der Waals surface area contributed by atoms with E-state index in [1.807, 2.05) is 54.6 Å². The monoisotopic (exact) mass is 312 g/mol. The fourth-order valence-electron chi connectivity index (χ4n) is 2.45. The van der Waals surface area contributed by atoms with Gasteiger partial charge in [-0.15, -0.1) is 0 Å². The van der Waals surface area contributed by atoms with Gasteiger partial charge in [0, 0.05) is 15.6 Å². The first kappa shape index (κ1) is 12.4. The number of rotatable bonds is 1. The zero-order valence-corrected chi connectivity index (χ0v) is 12.0. The molecule has 0 spiro atoms. The van der Waals surface area contributed by atoms with Crippen LogP contribution in [0.3, 0.4) is 0 Å². The summed E-state index contributed by atoms with van der Waals surface area (Å²) in [7, 11) is 0. The Bertz CT molecular complexity index is 670. The smallest absolute Gasteiger partial charge is 0.189 e. The first-order valence-electron chi connectivity index (χ1n) is 6.33. The van der Waals surface area contributed by atoms with Gasteiger partial charge in [-0.2, -0.15) is 0 Å². The molecule has 0 fully saturated rings. The van der Waals surface area contributed by atoms with Crippen LogP contribution >= 0.6 is 15.9 Å². The molecule has 0 aromatic heterocycles. The van der Waals surface area contributed by atoms with Gasteiger partial charge in [0.15, 0.2) is 5.78 Å². The van der Waals surface area contributed by atoms with E-state index in [2.05, 4.69) is 15.9 Å². The van der Waals surface area contributed by atoms with Gasteiger partial charge in [0.1, 0.15) is 0 Å². The lowest BCUT2D eigenvalue weighted by molar-refractivity contribution is 0.102. The van der Waals surface area contributed by atoms with Gasteiger partial charge in [-0.3, -0.25) is 4.79 Å². The maximum atomic E-state index is 12.4. The Kier molecular flexibility index (Phi) is 3.34. The molecular weight excluding hydrogens is 300 g/mol. The van der Waals surface area contributed by atoms with E-state index in [0.717, 1.165) is 34.0 Å². The van der Waals surface area contributed by atoms with Gasteiger partial charge >= 0.3 is 0 Å². The van der Waals surface area contributed by atoms with E-state index in [9.17, 15) is 4.79 Å². The Morgan fingerprint density at radius 1 is 1.00 bits per heavy atom. The minimum atomic E-state index is 0.168.